The van der Waals surface area contributed by atoms with Crippen LogP contribution in [0.2, 0.25) is 0 Å². The first-order chi connectivity index (χ1) is 10.2. The van der Waals surface area contributed by atoms with Gasteiger partial charge in [0.2, 0.25) is 5.91 Å². The van der Waals surface area contributed by atoms with Gasteiger partial charge in [-0.3, -0.25) is 9.48 Å². The second kappa shape index (κ2) is 5.69. The molecule has 0 radical (unpaired) electrons. The molecule has 2 N–H and O–H groups in total. The van der Waals surface area contributed by atoms with E-state index in [0.717, 1.165) is 30.8 Å². The molecule has 2 heterocycles. The Morgan fingerprint density at radius 2 is 2.19 bits per heavy atom. The third kappa shape index (κ3) is 2.83. The summed E-state index contributed by atoms with van der Waals surface area (Å²) in [6.07, 6.45) is 3.38. The van der Waals surface area contributed by atoms with Gasteiger partial charge in [0.05, 0.1) is 17.4 Å². The minimum absolute atomic E-state index is 0.00667. The highest BCUT2D eigenvalue weighted by Crippen LogP contribution is 2.18. The van der Waals surface area contributed by atoms with Gasteiger partial charge in [0, 0.05) is 19.8 Å². The molecule has 1 aliphatic rings. The molecule has 0 unspecified atom stereocenters. The molecule has 1 aromatic carbocycles. The number of fused-ring (bicyclic) bond motifs is 1. The molecule has 0 saturated carbocycles. The number of aryl methyl sites for hydroxylation is 2. The molecule has 3 rings (SSSR count). The standard InChI is InChI=1S/C16H20N4O/c1-3-13-15(10-20(2)19-13)18-16(21)14-8-11-6-4-5-7-12(11)9-17-14/h4-7,10,14,17H,3,8-9H2,1-2H3,(H,18,21)/t14-/m1/s1. The van der Waals surface area contributed by atoms with E-state index in [4.69, 9.17) is 0 Å². The van der Waals surface area contributed by atoms with Crippen LogP contribution >= 0.6 is 0 Å². The summed E-state index contributed by atoms with van der Waals surface area (Å²) in [7, 11) is 1.87. The van der Waals surface area contributed by atoms with Crippen molar-refractivity contribution < 1.29 is 4.79 Å². The van der Waals surface area contributed by atoms with Gasteiger partial charge in [-0.05, 0) is 24.0 Å². The van der Waals surface area contributed by atoms with E-state index < -0.39 is 0 Å². The number of anilines is 1. The van der Waals surface area contributed by atoms with Crippen LogP contribution in [-0.2, 0) is 31.2 Å². The number of aromatic nitrogens is 2. The summed E-state index contributed by atoms with van der Waals surface area (Å²) in [5.74, 6) is 0.00667. The summed E-state index contributed by atoms with van der Waals surface area (Å²) in [6.45, 7) is 2.77. The van der Waals surface area contributed by atoms with Crippen LogP contribution < -0.4 is 10.6 Å². The van der Waals surface area contributed by atoms with Gasteiger partial charge in [0.25, 0.3) is 0 Å². The SMILES string of the molecule is CCc1nn(C)cc1NC(=O)[C@H]1Cc2ccccc2CN1. The molecule has 1 aliphatic heterocycles. The van der Waals surface area contributed by atoms with Crippen LogP contribution in [0.1, 0.15) is 23.7 Å². The minimum Gasteiger partial charge on any atom is -0.322 e. The smallest absolute Gasteiger partial charge is 0.241 e. The molecule has 21 heavy (non-hydrogen) atoms. The number of carbonyl (C=O) groups excluding carboxylic acids is 1. The second-order valence-electron chi connectivity index (χ2n) is 5.41. The molecule has 0 saturated heterocycles. The van der Waals surface area contributed by atoms with E-state index in [1.54, 1.807) is 4.68 Å². The maximum atomic E-state index is 12.4. The average Bonchev–Trinajstić information content (AvgIpc) is 2.86. The van der Waals surface area contributed by atoms with Crippen molar-refractivity contribution in [3.8, 4) is 0 Å². The van der Waals surface area contributed by atoms with Crippen LogP contribution in [0.4, 0.5) is 5.69 Å². The van der Waals surface area contributed by atoms with Crippen LogP contribution in [0, 0.1) is 0 Å². The lowest BCUT2D eigenvalue weighted by atomic mass is 9.95. The highest BCUT2D eigenvalue weighted by molar-refractivity contribution is 5.95. The quantitative estimate of drug-likeness (QED) is 0.901. The highest BCUT2D eigenvalue weighted by atomic mass is 16.2. The van der Waals surface area contributed by atoms with Gasteiger partial charge in [0.15, 0.2) is 0 Å². The molecular weight excluding hydrogens is 264 g/mol. The largest absolute Gasteiger partial charge is 0.322 e. The van der Waals surface area contributed by atoms with Crippen molar-refractivity contribution in [2.45, 2.75) is 32.4 Å². The molecule has 0 bridgehead atoms. The van der Waals surface area contributed by atoms with Gasteiger partial charge < -0.3 is 10.6 Å². The summed E-state index contributed by atoms with van der Waals surface area (Å²) < 4.78 is 1.73. The van der Waals surface area contributed by atoms with E-state index in [9.17, 15) is 4.79 Å². The lowest BCUT2D eigenvalue weighted by Crippen LogP contribution is -2.44. The fraction of sp³-hybridized carbons (Fsp3) is 0.375. The molecule has 5 heteroatoms. The molecule has 0 aliphatic carbocycles. The van der Waals surface area contributed by atoms with E-state index in [2.05, 4.69) is 27.9 Å². The highest BCUT2D eigenvalue weighted by Gasteiger charge is 2.24. The van der Waals surface area contributed by atoms with Gasteiger partial charge in [0.1, 0.15) is 0 Å². The third-order valence-corrected chi connectivity index (χ3v) is 3.90. The Morgan fingerprint density at radius 3 is 2.95 bits per heavy atom. The number of amides is 1. The molecule has 1 atom stereocenters. The summed E-state index contributed by atoms with van der Waals surface area (Å²) in [6, 6.07) is 8.06. The fourth-order valence-electron chi connectivity index (χ4n) is 2.76. The van der Waals surface area contributed by atoms with E-state index in [-0.39, 0.29) is 11.9 Å². The Hall–Kier alpha value is -2.14. The Labute approximate surface area is 124 Å². The van der Waals surface area contributed by atoms with Gasteiger partial charge in [-0.15, -0.1) is 0 Å². The fourth-order valence-corrected chi connectivity index (χ4v) is 2.76. The van der Waals surface area contributed by atoms with Crippen molar-refractivity contribution in [2.24, 2.45) is 7.05 Å². The number of rotatable bonds is 3. The van der Waals surface area contributed by atoms with Crippen molar-refractivity contribution in [2.75, 3.05) is 5.32 Å². The molecule has 1 aromatic heterocycles. The van der Waals surface area contributed by atoms with E-state index in [1.165, 1.54) is 11.1 Å². The normalized spacial score (nSPS) is 17.3. The van der Waals surface area contributed by atoms with Crippen LogP contribution in [-0.4, -0.2) is 21.7 Å². The Bertz CT molecular complexity index is 662. The average molecular weight is 284 g/mol. The predicted octanol–water partition coefficient (Wildman–Crippen LogP) is 1.64. The first kappa shape index (κ1) is 13.8. The maximum absolute atomic E-state index is 12.4. The van der Waals surface area contributed by atoms with Crippen LogP contribution in [0.15, 0.2) is 30.5 Å². The molecule has 1 amide bonds. The molecule has 0 spiro atoms. The van der Waals surface area contributed by atoms with Gasteiger partial charge >= 0.3 is 0 Å². The van der Waals surface area contributed by atoms with Crippen molar-refractivity contribution in [1.29, 1.82) is 0 Å². The van der Waals surface area contributed by atoms with Crippen molar-refractivity contribution >= 4 is 11.6 Å². The van der Waals surface area contributed by atoms with E-state index >= 15 is 0 Å². The minimum atomic E-state index is -0.190. The second-order valence-corrected chi connectivity index (χ2v) is 5.41. The van der Waals surface area contributed by atoms with E-state index in [1.807, 2.05) is 32.3 Å². The van der Waals surface area contributed by atoms with Gasteiger partial charge in [-0.2, -0.15) is 5.10 Å². The topological polar surface area (TPSA) is 59.0 Å². The number of hydrogen-bond donors (Lipinski definition) is 2. The predicted molar refractivity (Wildman–Crippen MR) is 82.0 cm³/mol. The van der Waals surface area contributed by atoms with Crippen molar-refractivity contribution in [1.82, 2.24) is 15.1 Å². The van der Waals surface area contributed by atoms with Gasteiger partial charge in [-0.1, -0.05) is 31.2 Å². The van der Waals surface area contributed by atoms with Crippen molar-refractivity contribution in [3.63, 3.8) is 0 Å². The lowest BCUT2D eigenvalue weighted by molar-refractivity contribution is -0.118. The number of carbonyl (C=O) groups is 1. The lowest BCUT2D eigenvalue weighted by Gasteiger charge is -2.25. The number of nitrogens with zero attached hydrogens (tertiary/aromatic N) is 2. The molecule has 5 nitrogen and oxygen atoms in total. The Balaban J connectivity index is 1.72. The third-order valence-electron chi connectivity index (χ3n) is 3.90. The molecule has 0 fully saturated rings. The monoisotopic (exact) mass is 284 g/mol. The number of benzene rings is 1. The first-order valence-electron chi connectivity index (χ1n) is 7.31. The number of nitrogens with one attached hydrogen (secondary N) is 2. The summed E-state index contributed by atoms with van der Waals surface area (Å²) in [5.41, 5.74) is 4.25. The van der Waals surface area contributed by atoms with Crippen LogP contribution in [0.25, 0.3) is 0 Å². The first-order valence-corrected chi connectivity index (χ1v) is 7.31. The number of hydrogen-bond acceptors (Lipinski definition) is 3. The summed E-state index contributed by atoms with van der Waals surface area (Å²) in [5, 5.41) is 10.6. The maximum Gasteiger partial charge on any atom is 0.241 e. The zero-order valence-electron chi connectivity index (χ0n) is 12.4. The zero-order valence-corrected chi connectivity index (χ0v) is 12.4. The molecular formula is C16H20N4O. The Morgan fingerprint density at radius 1 is 1.43 bits per heavy atom. The van der Waals surface area contributed by atoms with Crippen molar-refractivity contribution in [3.05, 3.63) is 47.3 Å². The summed E-state index contributed by atoms with van der Waals surface area (Å²) in [4.78, 5) is 12.4. The van der Waals surface area contributed by atoms with Crippen LogP contribution in [0.5, 0.6) is 0 Å². The van der Waals surface area contributed by atoms with E-state index in [0.29, 0.717) is 0 Å². The van der Waals surface area contributed by atoms with Crippen LogP contribution in [0.3, 0.4) is 0 Å². The zero-order chi connectivity index (χ0) is 14.8. The molecule has 110 valence electrons. The van der Waals surface area contributed by atoms with Gasteiger partial charge in [-0.25, -0.2) is 0 Å². The Kier molecular flexibility index (Phi) is 3.75. The summed E-state index contributed by atoms with van der Waals surface area (Å²) >= 11 is 0. The molecule has 2 aromatic rings.